The fourth-order valence-electron chi connectivity index (χ4n) is 3.59. The molecule has 30 heavy (non-hydrogen) atoms. The van der Waals surface area contributed by atoms with Gasteiger partial charge in [0.1, 0.15) is 5.75 Å². The maximum Gasteiger partial charge on any atom is 0.272 e. The molecule has 0 aliphatic carbocycles. The topological polar surface area (TPSA) is 87.3 Å². The van der Waals surface area contributed by atoms with Gasteiger partial charge in [0.05, 0.1) is 13.5 Å². The molecular formula is C23H24N4O3. The summed E-state index contributed by atoms with van der Waals surface area (Å²) >= 11 is 0. The van der Waals surface area contributed by atoms with Gasteiger partial charge >= 0.3 is 0 Å². The summed E-state index contributed by atoms with van der Waals surface area (Å²) in [7, 11) is 1.62. The third-order valence-electron chi connectivity index (χ3n) is 5.31. The summed E-state index contributed by atoms with van der Waals surface area (Å²) in [6.07, 6.45) is 0.968. The predicted molar refractivity (Wildman–Crippen MR) is 112 cm³/mol. The van der Waals surface area contributed by atoms with Crippen molar-refractivity contribution >= 4 is 11.8 Å². The average molecular weight is 404 g/mol. The molecule has 1 aliphatic rings. The van der Waals surface area contributed by atoms with E-state index in [4.69, 9.17) is 4.74 Å². The van der Waals surface area contributed by atoms with E-state index in [2.05, 4.69) is 15.5 Å². The van der Waals surface area contributed by atoms with Crippen LogP contribution in [0.4, 0.5) is 0 Å². The van der Waals surface area contributed by atoms with Crippen LogP contribution in [0.2, 0.25) is 0 Å². The van der Waals surface area contributed by atoms with Crippen LogP contribution in [0.5, 0.6) is 5.75 Å². The number of rotatable bonds is 6. The number of benzene rings is 2. The van der Waals surface area contributed by atoms with E-state index in [0.29, 0.717) is 38.2 Å². The van der Waals surface area contributed by atoms with Crippen molar-refractivity contribution in [1.29, 1.82) is 0 Å². The average Bonchev–Trinajstić information content (AvgIpc) is 3.22. The summed E-state index contributed by atoms with van der Waals surface area (Å²) in [6.45, 7) is 1.42. The van der Waals surface area contributed by atoms with Gasteiger partial charge in [-0.1, -0.05) is 42.5 Å². The van der Waals surface area contributed by atoms with E-state index in [1.165, 1.54) is 0 Å². The summed E-state index contributed by atoms with van der Waals surface area (Å²) in [4.78, 5) is 27.3. The van der Waals surface area contributed by atoms with Gasteiger partial charge in [0.25, 0.3) is 5.91 Å². The number of nitrogens with one attached hydrogen (secondary N) is 2. The lowest BCUT2D eigenvalue weighted by Crippen LogP contribution is -2.37. The molecule has 2 heterocycles. The van der Waals surface area contributed by atoms with Gasteiger partial charge in [-0.05, 0) is 23.3 Å². The first-order valence-corrected chi connectivity index (χ1v) is 9.93. The minimum absolute atomic E-state index is 0.0302. The summed E-state index contributed by atoms with van der Waals surface area (Å²) in [6, 6.07) is 17.2. The molecule has 0 spiro atoms. The number of carbonyl (C=O) groups excluding carboxylic acids is 2. The Morgan fingerprint density at radius 1 is 1.10 bits per heavy atom. The van der Waals surface area contributed by atoms with E-state index in [1.807, 2.05) is 54.6 Å². The lowest BCUT2D eigenvalue weighted by atomic mass is 10.0. The van der Waals surface area contributed by atoms with E-state index >= 15 is 0 Å². The predicted octanol–water partition coefficient (Wildman–Crippen LogP) is 2.48. The maximum absolute atomic E-state index is 12.8. The third kappa shape index (κ3) is 4.35. The fourth-order valence-corrected chi connectivity index (χ4v) is 3.59. The lowest BCUT2D eigenvalue weighted by Gasteiger charge is -2.27. The molecule has 0 saturated heterocycles. The molecule has 1 aromatic heterocycles. The number of H-pyrrole nitrogens is 1. The van der Waals surface area contributed by atoms with Gasteiger partial charge in [0, 0.05) is 37.3 Å². The van der Waals surface area contributed by atoms with Gasteiger partial charge in [-0.3, -0.25) is 14.7 Å². The molecule has 1 aliphatic heterocycles. The highest BCUT2D eigenvalue weighted by Gasteiger charge is 2.27. The Morgan fingerprint density at radius 3 is 2.60 bits per heavy atom. The van der Waals surface area contributed by atoms with Crippen LogP contribution in [-0.2, 0) is 30.7 Å². The molecule has 7 heteroatoms. The van der Waals surface area contributed by atoms with Crippen molar-refractivity contribution < 1.29 is 14.3 Å². The van der Waals surface area contributed by atoms with Crippen LogP contribution in [0.15, 0.2) is 54.6 Å². The maximum atomic E-state index is 12.8. The molecule has 2 aromatic carbocycles. The normalized spacial score (nSPS) is 12.9. The summed E-state index contributed by atoms with van der Waals surface area (Å²) in [5.74, 6) is 0.557. The smallest absolute Gasteiger partial charge is 0.272 e. The second-order valence-corrected chi connectivity index (χ2v) is 7.29. The molecule has 0 unspecified atom stereocenters. The molecule has 154 valence electrons. The molecule has 2 amide bonds. The van der Waals surface area contributed by atoms with E-state index in [1.54, 1.807) is 12.0 Å². The first kappa shape index (κ1) is 19.7. The van der Waals surface area contributed by atoms with Crippen molar-refractivity contribution in [1.82, 2.24) is 20.4 Å². The summed E-state index contributed by atoms with van der Waals surface area (Å²) in [5, 5.41) is 10.1. The monoisotopic (exact) mass is 404 g/mol. The highest BCUT2D eigenvalue weighted by atomic mass is 16.5. The minimum atomic E-state index is -0.235. The highest BCUT2D eigenvalue weighted by Crippen LogP contribution is 2.22. The van der Waals surface area contributed by atoms with Crippen LogP contribution in [0.25, 0.3) is 0 Å². The number of amides is 2. The van der Waals surface area contributed by atoms with Crippen LogP contribution >= 0.6 is 0 Å². The molecular weight excluding hydrogens is 380 g/mol. The Bertz CT molecular complexity index is 1030. The number of aromatic nitrogens is 2. The first-order chi connectivity index (χ1) is 14.6. The van der Waals surface area contributed by atoms with Gasteiger partial charge < -0.3 is 15.0 Å². The van der Waals surface area contributed by atoms with Crippen LogP contribution in [0.3, 0.4) is 0 Å². The second-order valence-electron chi connectivity index (χ2n) is 7.29. The van der Waals surface area contributed by atoms with Crippen LogP contribution in [-0.4, -0.2) is 40.6 Å². The minimum Gasteiger partial charge on any atom is -0.497 e. The number of aromatic amines is 1. The molecule has 0 saturated carbocycles. The Kier molecular flexibility index (Phi) is 5.79. The van der Waals surface area contributed by atoms with E-state index in [9.17, 15) is 9.59 Å². The van der Waals surface area contributed by atoms with Crippen molar-refractivity contribution in [3.8, 4) is 5.75 Å². The quantitative estimate of drug-likeness (QED) is 0.661. The zero-order valence-corrected chi connectivity index (χ0v) is 16.9. The molecule has 0 bridgehead atoms. The number of carbonyl (C=O) groups is 2. The van der Waals surface area contributed by atoms with Crippen LogP contribution < -0.4 is 10.1 Å². The number of nitrogens with zero attached hydrogens (tertiary/aromatic N) is 2. The van der Waals surface area contributed by atoms with Gasteiger partial charge in [0.2, 0.25) is 5.91 Å². The summed E-state index contributed by atoms with van der Waals surface area (Å²) in [5.41, 5.74) is 4.04. The summed E-state index contributed by atoms with van der Waals surface area (Å²) < 4.78 is 5.16. The highest BCUT2D eigenvalue weighted by molar-refractivity contribution is 5.94. The Morgan fingerprint density at radius 2 is 1.87 bits per heavy atom. The van der Waals surface area contributed by atoms with Crippen molar-refractivity contribution in [3.63, 3.8) is 0 Å². The number of hydrogen-bond acceptors (Lipinski definition) is 4. The zero-order valence-electron chi connectivity index (χ0n) is 16.9. The van der Waals surface area contributed by atoms with Crippen molar-refractivity contribution in [3.05, 3.63) is 82.7 Å². The van der Waals surface area contributed by atoms with Crippen molar-refractivity contribution in [2.24, 2.45) is 0 Å². The SMILES string of the molecule is COc1ccc(CC(=O)N2CCc3[nH]nc(C(=O)NCc4ccccc4)c3C2)cc1. The molecule has 0 fully saturated rings. The first-order valence-electron chi connectivity index (χ1n) is 9.93. The fraction of sp³-hybridized carbons (Fsp3) is 0.261. The van der Waals surface area contributed by atoms with E-state index in [-0.39, 0.29) is 11.8 Å². The van der Waals surface area contributed by atoms with Crippen molar-refractivity contribution in [2.75, 3.05) is 13.7 Å². The molecule has 7 nitrogen and oxygen atoms in total. The standard InChI is InChI=1S/C23H24N4O3/c1-30-18-9-7-16(8-10-18)13-21(28)27-12-11-20-19(15-27)22(26-25-20)23(29)24-14-17-5-3-2-4-6-17/h2-10H,11-15H2,1H3,(H,24,29)(H,25,26). The van der Waals surface area contributed by atoms with E-state index < -0.39 is 0 Å². The molecule has 4 rings (SSSR count). The largest absolute Gasteiger partial charge is 0.497 e. The number of methoxy groups -OCH3 is 1. The lowest BCUT2D eigenvalue weighted by molar-refractivity contribution is -0.131. The van der Waals surface area contributed by atoms with Gasteiger partial charge in [-0.2, -0.15) is 5.10 Å². The Balaban J connectivity index is 1.40. The van der Waals surface area contributed by atoms with Crippen molar-refractivity contribution in [2.45, 2.75) is 25.9 Å². The zero-order chi connectivity index (χ0) is 20.9. The van der Waals surface area contributed by atoms with Crippen LogP contribution in [0.1, 0.15) is 32.9 Å². The van der Waals surface area contributed by atoms with Gasteiger partial charge in [-0.25, -0.2) is 0 Å². The molecule has 3 aromatic rings. The Labute approximate surface area is 175 Å². The van der Waals surface area contributed by atoms with Crippen LogP contribution in [0, 0.1) is 0 Å². The number of ether oxygens (including phenoxy) is 1. The molecule has 2 N–H and O–H groups in total. The second kappa shape index (κ2) is 8.82. The third-order valence-corrected chi connectivity index (χ3v) is 5.31. The van der Waals surface area contributed by atoms with E-state index in [0.717, 1.165) is 28.1 Å². The molecule has 0 atom stereocenters. The van der Waals surface area contributed by atoms with Gasteiger partial charge in [-0.15, -0.1) is 0 Å². The number of hydrogen-bond donors (Lipinski definition) is 2. The van der Waals surface area contributed by atoms with Gasteiger partial charge in [0.15, 0.2) is 5.69 Å². The number of fused-ring (bicyclic) bond motifs is 1. The molecule has 0 radical (unpaired) electrons. The Hall–Kier alpha value is -3.61.